The number of furan rings is 1. The van der Waals surface area contributed by atoms with Crippen molar-refractivity contribution in [2.75, 3.05) is 7.11 Å². The first-order valence-corrected chi connectivity index (χ1v) is 11.7. The van der Waals surface area contributed by atoms with E-state index in [9.17, 15) is 4.79 Å². The quantitative estimate of drug-likeness (QED) is 0.338. The summed E-state index contributed by atoms with van der Waals surface area (Å²) >= 11 is 0. The van der Waals surface area contributed by atoms with Crippen molar-refractivity contribution in [1.29, 1.82) is 0 Å². The van der Waals surface area contributed by atoms with Crippen molar-refractivity contribution in [2.24, 2.45) is 0 Å². The van der Waals surface area contributed by atoms with Gasteiger partial charge < -0.3 is 14.1 Å². The fraction of sp³-hybridized carbons (Fsp3) is 0.259. The van der Waals surface area contributed by atoms with Gasteiger partial charge in [0.2, 0.25) is 0 Å². The summed E-state index contributed by atoms with van der Waals surface area (Å²) in [5, 5.41) is 13.4. The number of pyridine rings is 1. The Morgan fingerprint density at radius 2 is 1.89 bits per heavy atom. The molecule has 0 saturated heterocycles. The van der Waals surface area contributed by atoms with Gasteiger partial charge in [0.15, 0.2) is 5.82 Å². The molecule has 0 amide bonds. The Morgan fingerprint density at radius 1 is 1.06 bits per heavy atom. The van der Waals surface area contributed by atoms with Crippen LogP contribution in [0.3, 0.4) is 0 Å². The highest BCUT2D eigenvalue weighted by Gasteiger charge is 2.17. The summed E-state index contributed by atoms with van der Waals surface area (Å²) in [5.41, 5.74) is 4.74. The fourth-order valence-corrected chi connectivity index (χ4v) is 4.28. The smallest absolute Gasteiger partial charge is 0.252 e. The summed E-state index contributed by atoms with van der Waals surface area (Å²) in [5.74, 6) is 2.29. The van der Waals surface area contributed by atoms with Crippen LogP contribution in [-0.4, -0.2) is 37.2 Å². The van der Waals surface area contributed by atoms with E-state index in [-0.39, 0.29) is 5.56 Å². The predicted molar refractivity (Wildman–Crippen MR) is 136 cm³/mol. The summed E-state index contributed by atoms with van der Waals surface area (Å²) in [7, 11) is 1.64. The largest absolute Gasteiger partial charge is 0.497 e. The van der Waals surface area contributed by atoms with E-state index in [4.69, 9.17) is 9.15 Å². The van der Waals surface area contributed by atoms with E-state index in [1.807, 2.05) is 62.4 Å². The number of hydrogen-bond acceptors (Lipinski definition) is 7. The number of aryl methyl sites for hydroxylation is 2. The molecule has 0 aliphatic rings. The molecular weight excluding hydrogens is 456 g/mol. The maximum absolute atomic E-state index is 13.0. The summed E-state index contributed by atoms with van der Waals surface area (Å²) in [6.45, 7) is 5.95. The molecule has 0 aliphatic carbocycles. The molecule has 0 fully saturated rings. The Hall–Kier alpha value is -4.24. The van der Waals surface area contributed by atoms with Gasteiger partial charge in [0.1, 0.15) is 11.5 Å². The van der Waals surface area contributed by atoms with Crippen LogP contribution in [0.1, 0.15) is 33.8 Å². The molecular formula is C27H28N6O3. The third kappa shape index (κ3) is 5.06. The maximum atomic E-state index is 13.0. The first-order valence-electron chi connectivity index (χ1n) is 11.7. The zero-order valence-corrected chi connectivity index (χ0v) is 20.6. The van der Waals surface area contributed by atoms with Gasteiger partial charge in [-0.05, 0) is 76.7 Å². The Morgan fingerprint density at radius 3 is 2.64 bits per heavy atom. The third-order valence-electron chi connectivity index (χ3n) is 6.44. The minimum atomic E-state index is -0.0986. The van der Waals surface area contributed by atoms with Crippen LogP contribution in [0.15, 0.2) is 70.1 Å². The molecule has 9 nitrogen and oxygen atoms in total. The van der Waals surface area contributed by atoms with Gasteiger partial charge in [-0.3, -0.25) is 9.69 Å². The molecule has 0 aliphatic heterocycles. The Kier molecular flexibility index (Phi) is 6.64. The van der Waals surface area contributed by atoms with E-state index >= 15 is 0 Å². The van der Waals surface area contributed by atoms with Crippen LogP contribution in [0.25, 0.3) is 10.9 Å². The van der Waals surface area contributed by atoms with Crippen molar-refractivity contribution in [3.8, 4) is 5.75 Å². The van der Waals surface area contributed by atoms with Crippen molar-refractivity contribution >= 4 is 10.9 Å². The fourth-order valence-electron chi connectivity index (χ4n) is 4.28. The van der Waals surface area contributed by atoms with E-state index in [1.165, 1.54) is 0 Å². The molecule has 1 N–H and O–H groups in total. The first kappa shape index (κ1) is 23.5. The van der Waals surface area contributed by atoms with Gasteiger partial charge >= 0.3 is 0 Å². The van der Waals surface area contributed by atoms with E-state index in [0.717, 1.165) is 39.1 Å². The average Bonchev–Trinajstić information content (AvgIpc) is 3.55. The highest BCUT2D eigenvalue weighted by Crippen LogP contribution is 2.20. The lowest BCUT2D eigenvalue weighted by molar-refractivity contribution is 0.217. The molecule has 9 heteroatoms. The van der Waals surface area contributed by atoms with Gasteiger partial charge in [-0.25, -0.2) is 4.68 Å². The lowest BCUT2D eigenvalue weighted by atomic mass is 10.0. The Balaban J connectivity index is 1.41. The van der Waals surface area contributed by atoms with Crippen molar-refractivity contribution in [3.63, 3.8) is 0 Å². The zero-order chi connectivity index (χ0) is 25.1. The van der Waals surface area contributed by atoms with Gasteiger partial charge in [0.25, 0.3) is 5.56 Å². The molecule has 3 heterocycles. The van der Waals surface area contributed by atoms with Crippen LogP contribution in [0, 0.1) is 13.8 Å². The van der Waals surface area contributed by atoms with E-state index in [2.05, 4.69) is 31.5 Å². The number of benzene rings is 2. The van der Waals surface area contributed by atoms with Gasteiger partial charge in [0.05, 0.1) is 38.5 Å². The molecule has 2 aromatic carbocycles. The summed E-state index contributed by atoms with van der Waals surface area (Å²) in [6, 6.07) is 17.7. The number of ether oxygens (including phenoxy) is 1. The number of hydrogen-bond donors (Lipinski definition) is 1. The number of fused-ring (bicyclic) bond motifs is 1. The highest BCUT2D eigenvalue weighted by atomic mass is 16.5. The van der Waals surface area contributed by atoms with E-state index in [1.54, 1.807) is 18.1 Å². The lowest BCUT2D eigenvalue weighted by Gasteiger charge is -2.21. The number of nitrogens with one attached hydrogen (secondary N) is 1. The predicted octanol–water partition coefficient (Wildman–Crippen LogP) is 3.98. The maximum Gasteiger partial charge on any atom is 0.252 e. The normalized spacial score (nSPS) is 11.4. The number of H-pyrrole nitrogens is 1. The molecule has 0 unspecified atom stereocenters. The molecule has 0 spiro atoms. The molecule has 36 heavy (non-hydrogen) atoms. The third-order valence-corrected chi connectivity index (χ3v) is 6.44. The van der Waals surface area contributed by atoms with E-state index in [0.29, 0.717) is 37.6 Å². The topological polar surface area (TPSA) is 102 Å². The second kappa shape index (κ2) is 10.2. The molecule has 5 rings (SSSR count). The molecule has 184 valence electrons. The van der Waals surface area contributed by atoms with Gasteiger partial charge in [-0.15, -0.1) is 5.10 Å². The van der Waals surface area contributed by atoms with Crippen LogP contribution in [0.4, 0.5) is 0 Å². The second-order valence-electron chi connectivity index (χ2n) is 8.92. The van der Waals surface area contributed by atoms with Gasteiger partial charge in [-0.1, -0.05) is 24.3 Å². The first-order chi connectivity index (χ1) is 17.5. The molecule has 0 saturated carbocycles. The molecule has 0 atom stereocenters. The second-order valence-corrected chi connectivity index (χ2v) is 8.92. The Bertz CT molecular complexity index is 1520. The van der Waals surface area contributed by atoms with Crippen molar-refractivity contribution < 1.29 is 9.15 Å². The van der Waals surface area contributed by atoms with Crippen LogP contribution < -0.4 is 10.3 Å². The number of tetrazole rings is 1. The van der Waals surface area contributed by atoms with Crippen LogP contribution in [-0.2, 0) is 26.2 Å². The minimum Gasteiger partial charge on any atom is -0.497 e. The van der Waals surface area contributed by atoms with Crippen molar-refractivity contribution in [2.45, 2.75) is 40.0 Å². The number of aromatic nitrogens is 5. The highest BCUT2D eigenvalue weighted by molar-refractivity contribution is 5.83. The summed E-state index contributed by atoms with van der Waals surface area (Å²) in [6.07, 6.45) is 1.65. The molecule has 0 radical (unpaired) electrons. The van der Waals surface area contributed by atoms with Crippen molar-refractivity contribution in [1.82, 2.24) is 30.1 Å². The summed E-state index contributed by atoms with van der Waals surface area (Å²) < 4.78 is 12.6. The Labute approximate surface area is 208 Å². The number of aromatic amines is 1. The van der Waals surface area contributed by atoms with Crippen LogP contribution in [0.2, 0.25) is 0 Å². The molecule has 0 bridgehead atoms. The number of methoxy groups -OCH3 is 1. The lowest BCUT2D eigenvalue weighted by Crippen LogP contribution is -2.28. The number of rotatable bonds is 9. The monoisotopic (exact) mass is 484 g/mol. The average molecular weight is 485 g/mol. The zero-order valence-electron chi connectivity index (χ0n) is 20.6. The van der Waals surface area contributed by atoms with E-state index < -0.39 is 0 Å². The standard InChI is InChI=1S/C27H28N6O3/c1-18-6-9-21-13-22(27(34)28-26(21)19(18)2)15-32(16-24-5-4-12-36-24)17-25-29-30-31-33(25)14-20-7-10-23(35-3)11-8-20/h4-13H,14-17H2,1-3H3,(H,28,34). The van der Waals surface area contributed by atoms with Crippen LogP contribution in [0.5, 0.6) is 5.75 Å². The molecule has 3 aromatic heterocycles. The molecule has 5 aromatic rings. The van der Waals surface area contributed by atoms with Gasteiger partial charge in [-0.2, -0.15) is 0 Å². The van der Waals surface area contributed by atoms with Crippen LogP contribution >= 0.6 is 0 Å². The van der Waals surface area contributed by atoms with Gasteiger partial charge in [0, 0.05) is 12.1 Å². The SMILES string of the molecule is COc1ccc(Cn2nnnc2CN(Cc2ccco2)Cc2cc3ccc(C)c(C)c3[nH]c2=O)cc1. The number of nitrogens with zero attached hydrogens (tertiary/aromatic N) is 5. The van der Waals surface area contributed by atoms with Crippen molar-refractivity contribution in [3.05, 3.63) is 105 Å². The summed E-state index contributed by atoms with van der Waals surface area (Å²) in [4.78, 5) is 18.2. The minimum absolute atomic E-state index is 0.0986.